The maximum Gasteiger partial charge on any atom is 0.00983 e. The summed E-state index contributed by atoms with van der Waals surface area (Å²) in [5, 5.41) is 3.62. The Labute approximate surface area is 56.8 Å². The van der Waals surface area contributed by atoms with Crippen molar-refractivity contribution in [2.45, 2.75) is 44.7 Å². The lowest BCUT2D eigenvalue weighted by molar-refractivity contribution is 0.518. The molecule has 1 saturated carbocycles. The fourth-order valence-electron chi connectivity index (χ4n) is 2.43. The van der Waals surface area contributed by atoms with Gasteiger partial charge in [-0.05, 0) is 32.1 Å². The minimum Gasteiger partial charge on any atom is -0.311 e. The Hall–Kier alpha value is -0.0400. The Morgan fingerprint density at radius 1 is 1.33 bits per heavy atom. The van der Waals surface area contributed by atoms with E-state index in [2.05, 4.69) is 12.2 Å². The normalized spacial score (nSPS) is 49.7. The first kappa shape index (κ1) is 5.72. The summed E-state index contributed by atoms with van der Waals surface area (Å²) in [6, 6.07) is 1.71. The fraction of sp³-hybridized carbons (Fsp3) is 1.00. The van der Waals surface area contributed by atoms with E-state index in [1.165, 1.54) is 25.7 Å². The zero-order chi connectivity index (χ0) is 6.27. The molecule has 0 aromatic heterocycles. The van der Waals surface area contributed by atoms with E-state index in [1.807, 2.05) is 0 Å². The topological polar surface area (TPSA) is 12.0 Å². The summed E-state index contributed by atoms with van der Waals surface area (Å²) >= 11 is 0. The maximum absolute atomic E-state index is 3.62. The minimum atomic E-state index is 0.806. The number of hydrogen-bond donors (Lipinski definition) is 1. The van der Waals surface area contributed by atoms with Gasteiger partial charge in [0.15, 0.2) is 0 Å². The van der Waals surface area contributed by atoms with Crippen molar-refractivity contribution in [1.82, 2.24) is 5.32 Å². The van der Waals surface area contributed by atoms with Crippen molar-refractivity contribution < 1.29 is 0 Å². The zero-order valence-corrected chi connectivity index (χ0v) is 6.06. The lowest BCUT2D eigenvalue weighted by Crippen LogP contribution is -2.26. The zero-order valence-electron chi connectivity index (χ0n) is 6.06. The second-order valence-electron chi connectivity index (χ2n) is 3.60. The highest BCUT2D eigenvalue weighted by Crippen LogP contribution is 2.34. The Kier molecular flexibility index (Phi) is 1.26. The molecule has 1 aliphatic heterocycles. The molecular formula is C8H15N. The van der Waals surface area contributed by atoms with E-state index in [1.54, 1.807) is 0 Å². The molecule has 2 rings (SSSR count). The van der Waals surface area contributed by atoms with Crippen molar-refractivity contribution in [2.75, 3.05) is 0 Å². The number of hydrogen-bond acceptors (Lipinski definition) is 1. The fourth-order valence-corrected chi connectivity index (χ4v) is 2.43. The average molecular weight is 125 g/mol. The molecule has 3 atom stereocenters. The Bertz CT molecular complexity index is 99.1. The molecule has 1 nitrogen and oxygen atoms in total. The van der Waals surface area contributed by atoms with Gasteiger partial charge in [-0.1, -0.05) is 6.42 Å². The van der Waals surface area contributed by atoms with Gasteiger partial charge < -0.3 is 5.32 Å². The quantitative estimate of drug-likeness (QED) is 0.518. The first-order chi connectivity index (χ1) is 4.36. The molecular weight excluding hydrogens is 110 g/mol. The maximum atomic E-state index is 3.62. The molecule has 0 bridgehead atoms. The van der Waals surface area contributed by atoms with Crippen LogP contribution in [0, 0.1) is 5.92 Å². The molecule has 2 fully saturated rings. The van der Waals surface area contributed by atoms with Gasteiger partial charge in [0.1, 0.15) is 0 Å². The molecule has 0 aromatic carbocycles. The average Bonchev–Trinajstić information content (AvgIpc) is 2.22. The smallest absolute Gasteiger partial charge is 0.00983 e. The first-order valence-electron chi connectivity index (χ1n) is 4.12. The summed E-state index contributed by atoms with van der Waals surface area (Å²) in [7, 11) is 0. The van der Waals surface area contributed by atoms with E-state index < -0.39 is 0 Å². The van der Waals surface area contributed by atoms with Gasteiger partial charge in [0.2, 0.25) is 0 Å². The van der Waals surface area contributed by atoms with Gasteiger partial charge >= 0.3 is 0 Å². The molecule has 52 valence electrons. The SMILES string of the molecule is C[C@H]1C[C@@H]2CCC[C@@H]2N1. The molecule has 0 amide bonds. The summed E-state index contributed by atoms with van der Waals surface area (Å²) in [5.41, 5.74) is 0. The molecule has 9 heavy (non-hydrogen) atoms. The largest absolute Gasteiger partial charge is 0.311 e. The molecule has 1 N–H and O–H groups in total. The van der Waals surface area contributed by atoms with E-state index in [9.17, 15) is 0 Å². The summed E-state index contributed by atoms with van der Waals surface area (Å²) in [4.78, 5) is 0. The van der Waals surface area contributed by atoms with Crippen LogP contribution in [0.4, 0.5) is 0 Å². The highest BCUT2D eigenvalue weighted by molar-refractivity contribution is 4.92. The van der Waals surface area contributed by atoms with Gasteiger partial charge in [-0.25, -0.2) is 0 Å². The number of nitrogens with one attached hydrogen (secondary N) is 1. The Balaban J connectivity index is 2.02. The van der Waals surface area contributed by atoms with Crippen molar-refractivity contribution in [2.24, 2.45) is 5.92 Å². The minimum absolute atomic E-state index is 0.806. The summed E-state index contributed by atoms with van der Waals surface area (Å²) < 4.78 is 0. The van der Waals surface area contributed by atoms with Gasteiger partial charge in [-0.2, -0.15) is 0 Å². The van der Waals surface area contributed by atoms with E-state index in [0.29, 0.717) is 0 Å². The standard InChI is InChI=1S/C8H15N/c1-6-5-7-3-2-4-8(7)9-6/h6-9H,2-5H2,1H3/t6-,7-,8-/m0/s1. The third-order valence-electron chi connectivity index (χ3n) is 2.81. The highest BCUT2D eigenvalue weighted by atomic mass is 15.0. The summed E-state index contributed by atoms with van der Waals surface area (Å²) in [6.45, 7) is 2.30. The van der Waals surface area contributed by atoms with E-state index >= 15 is 0 Å². The van der Waals surface area contributed by atoms with Gasteiger partial charge in [0, 0.05) is 12.1 Å². The van der Waals surface area contributed by atoms with E-state index in [-0.39, 0.29) is 0 Å². The van der Waals surface area contributed by atoms with Crippen LogP contribution in [0.25, 0.3) is 0 Å². The van der Waals surface area contributed by atoms with Crippen LogP contribution in [0.3, 0.4) is 0 Å². The van der Waals surface area contributed by atoms with Crippen LogP contribution in [-0.2, 0) is 0 Å². The van der Waals surface area contributed by atoms with Crippen LogP contribution in [0.5, 0.6) is 0 Å². The predicted molar refractivity (Wildman–Crippen MR) is 38.3 cm³/mol. The van der Waals surface area contributed by atoms with Crippen molar-refractivity contribution in [3.8, 4) is 0 Å². The molecule has 2 aliphatic rings. The van der Waals surface area contributed by atoms with Crippen LogP contribution in [0.1, 0.15) is 32.6 Å². The van der Waals surface area contributed by atoms with Crippen LogP contribution in [-0.4, -0.2) is 12.1 Å². The van der Waals surface area contributed by atoms with Crippen LogP contribution >= 0.6 is 0 Å². The number of rotatable bonds is 0. The first-order valence-corrected chi connectivity index (χ1v) is 4.12. The molecule has 1 heteroatoms. The van der Waals surface area contributed by atoms with E-state index in [4.69, 9.17) is 0 Å². The molecule has 1 heterocycles. The van der Waals surface area contributed by atoms with Crippen LogP contribution < -0.4 is 5.32 Å². The number of fused-ring (bicyclic) bond motifs is 1. The molecule has 1 saturated heterocycles. The van der Waals surface area contributed by atoms with Gasteiger partial charge in [-0.3, -0.25) is 0 Å². The highest BCUT2D eigenvalue weighted by Gasteiger charge is 2.34. The summed E-state index contributed by atoms with van der Waals surface area (Å²) in [6.07, 6.45) is 5.83. The van der Waals surface area contributed by atoms with Crippen molar-refractivity contribution in [1.29, 1.82) is 0 Å². The Morgan fingerprint density at radius 3 is 3.00 bits per heavy atom. The molecule has 0 unspecified atom stereocenters. The second kappa shape index (κ2) is 1.98. The van der Waals surface area contributed by atoms with Gasteiger partial charge in [0.25, 0.3) is 0 Å². The molecule has 0 spiro atoms. The monoisotopic (exact) mass is 125 g/mol. The third-order valence-corrected chi connectivity index (χ3v) is 2.81. The molecule has 1 aliphatic carbocycles. The van der Waals surface area contributed by atoms with Gasteiger partial charge in [0.05, 0.1) is 0 Å². The lowest BCUT2D eigenvalue weighted by Gasteiger charge is -2.06. The van der Waals surface area contributed by atoms with Crippen molar-refractivity contribution >= 4 is 0 Å². The predicted octanol–water partition coefficient (Wildman–Crippen LogP) is 1.54. The van der Waals surface area contributed by atoms with Gasteiger partial charge in [-0.15, -0.1) is 0 Å². The second-order valence-corrected chi connectivity index (χ2v) is 3.60. The van der Waals surface area contributed by atoms with Crippen molar-refractivity contribution in [3.05, 3.63) is 0 Å². The molecule has 0 radical (unpaired) electrons. The van der Waals surface area contributed by atoms with Crippen molar-refractivity contribution in [3.63, 3.8) is 0 Å². The lowest BCUT2D eigenvalue weighted by atomic mass is 10.0. The van der Waals surface area contributed by atoms with Crippen LogP contribution in [0.15, 0.2) is 0 Å². The molecule has 0 aromatic rings. The Morgan fingerprint density at radius 2 is 2.22 bits per heavy atom. The van der Waals surface area contributed by atoms with E-state index in [0.717, 1.165) is 18.0 Å². The summed E-state index contributed by atoms with van der Waals surface area (Å²) in [5.74, 6) is 1.04. The van der Waals surface area contributed by atoms with Crippen LogP contribution in [0.2, 0.25) is 0 Å². The third kappa shape index (κ3) is 0.877.